The second-order valence-electron chi connectivity index (χ2n) is 9.68. The van der Waals surface area contributed by atoms with Crippen LogP contribution in [0, 0.1) is 0 Å². The van der Waals surface area contributed by atoms with E-state index in [-0.39, 0.29) is 6.10 Å². The summed E-state index contributed by atoms with van der Waals surface area (Å²) >= 11 is 14.6. The van der Waals surface area contributed by atoms with E-state index in [4.69, 9.17) is 37.4 Å². The third kappa shape index (κ3) is 6.60. The first-order valence-electron chi connectivity index (χ1n) is 13.5. The van der Waals surface area contributed by atoms with E-state index in [9.17, 15) is 0 Å². The van der Waals surface area contributed by atoms with Crippen LogP contribution >= 0.6 is 35.0 Å². The van der Waals surface area contributed by atoms with E-state index in [0.29, 0.717) is 28.9 Å². The fraction of sp³-hybridized carbons (Fsp3) is 0.393. The van der Waals surface area contributed by atoms with Crippen molar-refractivity contribution >= 4 is 40.7 Å². The van der Waals surface area contributed by atoms with E-state index in [2.05, 4.69) is 48.7 Å². The van der Waals surface area contributed by atoms with Gasteiger partial charge in [-0.3, -0.25) is 0 Å². The fourth-order valence-corrected chi connectivity index (χ4v) is 6.28. The molecule has 2 saturated heterocycles. The molecule has 0 aliphatic carbocycles. The summed E-state index contributed by atoms with van der Waals surface area (Å²) in [6, 6.07) is 13.6. The number of ether oxygens (including phenoxy) is 3. The van der Waals surface area contributed by atoms with Crippen molar-refractivity contribution in [3.63, 3.8) is 0 Å². The van der Waals surface area contributed by atoms with E-state index < -0.39 is 12.4 Å². The van der Waals surface area contributed by atoms with Crippen LogP contribution in [0.3, 0.4) is 0 Å². The van der Waals surface area contributed by atoms with Crippen LogP contribution < -0.4 is 14.6 Å². The predicted molar refractivity (Wildman–Crippen MR) is 160 cm³/mol. The number of piperazine rings is 1. The molecule has 2 aliphatic heterocycles. The van der Waals surface area contributed by atoms with Crippen LogP contribution in [0.25, 0.3) is 0 Å². The van der Waals surface area contributed by atoms with Gasteiger partial charge in [0.05, 0.1) is 26.2 Å². The van der Waals surface area contributed by atoms with Gasteiger partial charge in [0.2, 0.25) is 0 Å². The Labute approximate surface area is 253 Å². The van der Waals surface area contributed by atoms with E-state index in [1.54, 1.807) is 34.9 Å². The highest BCUT2D eigenvalue weighted by atomic mass is 35.5. The standard InChI is InChI=1S/C28H31Cl2N7O3S/c1-2-41-28-32-9-10-37(28)36-13-11-34(12-14-36)21-4-6-22(7-5-21)39-27(23-8-3-20(29)15-24(23)30)25-17-38-26(40-25)16-35-19-31-18-33-35/h3-10,15,18-19,25-27H,2,11-14,16-17H2,1H3/t25-,26-,27?/m1/s1. The zero-order valence-corrected chi connectivity index (χ0v) is 24.9. The van der Waals surface area contributed by atoms with Gasteiger partial charge in [-0.2, -0.15) is 5.10 Å². The lowest BCUT2D eigenvalue weighted by Gasteiger charge is -2.38. The molecular formula is C28H31Cl2N7O3S. The van der Waals surface area contributed by atoms with Gasteiger partial charge in [-0.05, 0) is 42.2 Å². The Morgan fingerprint density at radius 2 is 1.93 bits per heavy atom. The Kier molecular flexibility index (Phi) is 8.87. The molecule has 4 heterocycles. The molecule has 0 saturated carbocycles. The Hall–Kier alpha value is -2.96. The van der Waals surface area contributed by atoms with Gasteiger partial charge in [0, 0.05) is 46.8 Å². The van der Waals surface area contributed by atoms with E-state index in [0.717, 1.165) is 48.3 Å². The van der Waals surface area contributed by atoms with Crippen molar-refractivity contribution in [2.24, 2.45) is 0 Å². The van der Waals surface area contributed by atoms with Crippen molar-refractivity contribution in [2.45, 2.75) is 37.1 Å². The number of halogens is 2. The highest BCUT2D eigenvalue weighted by Crippen LogP contribution is 2.36. The quantitative estimate of drug-likeness (QED) is 0.231. The molecule has 10 nitrogen and oxygen atoms in total. The molecule has 3 atom stereocenters. The molecule has 216 valence electrons. The number of benzene rings is 2. The van der Waals surface area contributed by atoms with Crippen LogP contribution in [-0.4, -0.2) is 75.4 Å². The minimum Gasteiger partial charge on any atom is -0.483 e. The molecule has 0 radical (unpaired) electrons. The van der Waals surface area contributed by atoms with Gasteiger partial charge in [-0.25, -0.2) is 19.3 Å². The number of imidazole rings is 1. The maximum Gasteiger partial charge on any atom is 0.186 e. The zero-order valence-electron chi connectivity index (χ0n) is 22.6. The molecule has 2 fully saturated rings. The van der Waals surface area contributed by atoms with E-state index in [1.807, 2.05) is 30.6 Å². The van der Waals surface area contributed by atoms with Crippen LogP contribution in [0.2, 0.25) is 10.0 Å². The maximum absolute atomic E-state index is 6.62. The zero-order chi connectivity index (χ0) is 28.2. The minimum absolute atomic E-state index is 0.348. The number of rotatable bonds is 10. The van der Waals surface area contributed by atoms with Crippen molar-refractivity contribution in [2.75, 3.05) is 48.4 Å². The van der Waals surface area contributed by atoms with Crippen LogP contribution in [-0.2, 0) is 16.0 Å². The molecule has 41 heavy (non-hydrogen) atoms. The summed E-state index contributed by atoms with van der Waals surface area (Å²) in [5.74, 6) is 1.71. The number of hydrogen-bond donors (Lipinski definition) is 0. The molecule has 4 aromatic rings. The fourth-order valence-electron chi connectivity index (χ4n) is 5.06. The van der Waals surface area contributed by atoms with Crippen LogP contribution in [0.5, 0.6) is 5.75 Å². The number of aromatic nitrogens is 5. The number of hydrogen-bond acceptors (Lipinski definition) is 9. The molecule has 2 aromatic carbocycles. The van der Waals surface area contributed by atoms with Crippen LogP contribution in [0.15, 0.2) is 72.7 Å². The molecule has 6 rings (SSSR count). The Balaban J connectivity index is 1.12. The molecule has 0 spiro atoms. The average Bonchev–Trinajstić information content (AvgIpc) is 3.76. The topological polar surface area (TPSA) is 82.7 Å². The number of nitrogens with zero attached hydrogens (tertiary/aromatic N) is 7. The van der Waals surface area contributed by atoms with Crippen LogP contribution in [0.4, 0.5) is 5.69 Å². The lowest BCUT2D eigenvalue weighted by atomic mass is 10.0. The smallest absolute Gasteiger partial charge is 0.186 e. The SMILES string of the molecule is CCSc1nccn1N1CCN(c2ccc(OC(c3ccc(Cl)cc3Cl)[C@H]3CO[C@@H](Cn4cncn4)O3)cc2)CC1. The Bertz CT molecular complexity index is 1410. The normalized spacial score (nSPS) is 20.0. The minimum atomic E-state index is -0.500. The second kappa shape index (κ2) is 12.9. The van der Waals surface area contributed by atoms with E-state index in [1.165, 1.54) is 6.33 Å². The summed E-state index contributed by atoms with van der Waals surface area (Å²) < 4.78 is 22.5. The van der Waals surface area contributed by atoms with Crippen molar-refractivity contribution in [3.8, 4) is 5.75 Å². The second-order valence-corrected chi connectivity index (χ2v) is 11.8. The molecule has 0 amide bonds. The first-order chi connectivity index (χ1) is 20.1. The Morgan fingerprint density at radius 1 is 1.10 bits per heavy atom. The van der Waals surface area contributed by atoms with Crippen molar-refractivity contribution in [1.82, 2.24) is 24.4 Å². The van der Waals surface area contributed by atoms with Gasteiger partial charge in [0.15, 0.2) is 17.6 Å². The van der Waals surface area contributed by atoms with Crippen molar-refractivity contribution in [1.29, 1.82) is 0 Å². The molecular weight excluding hydrogens is 585 g/mol. The predicted octanol–water partition coefficient (Wildman–Crippen LogP) is 4.91. The summed E-state index contributed by atoms with van der Waals surface area (Å²) in [5, 5.41) is 8.60. The van der Waals surface area contributed by atoms with Gasteiger partial charge >= 0.3 is 0 Å². The summed E-state index contributed by atoms with van der Waals surface area (Å²) in [4.78, 5) is 10.9. The average molecular weight is 617 g/mol. The van der Waals surface area contributed by atoms with Gasteiger partial charge < -0.3 is 24.1 Å². The third-order valence-corrected chi connectivity index (χ3v) is 8.47. The summed E-state index contributed by atoms with van der Waals surface area (Å²) in [6.07, 6.45) is 5.67. The molecule has 1 unspecified atom stereocenters. The van der Waals surface area contributed by atoms with Gasteiger partial charge in [0.25, 0.3) is 0 Å². The summed E-state index contributed by atoms with van der Waals surface area (Å²) in [5.41, 5.74) is 1.94. The molecule has 2 aromatic heterocycles. The first kappa shape index (κ1) is 28.2. The first-order valence-corrected chi connectivity index (χ1v) is 15.3. The largest absolute Gasteiger partial charge is 0.483 e. The molecule has 0 bridgehead atoms. The number of thioether (sulfide) groups is 1. The highest BCUT2D eigenvalue weighted by molar-refractivity contribution is 7.99. The summed E-state index contributed by atoms with van der Waals surface area (Å²) in [7, 11) is 0. The van der Waals surface area contributed by atoms with Crippen molar-refractivity contribution in [3.05, 3.63) is 83.1 Å². The maximum atomic E-state index is 6.62. The van der Waals surface area contributed by atoms with Crippen LogP contribution in [0.1, 0.15) is 18.6 Å². The van der Waals surface area contributed by atoms with Crippen molar-refractivity contribution < 1.29 is 14.2 Å². The lowest BCUT2D eigenvalue weighted by molar-refractivity contribution is -0.0867. The molecule has 13 heteroatoms. The monoisotopic (exact) mass is 615 g/mol. The molecule has 2 aliphatic rings. The summed E-state index contributed by atoms with van der Waals surface area (Å²) in [6.45, 7) is 6.58. The lowest BCUT2D eigenvalue weighted by Crippen LogP contribution is -2.51. The van der Waals surface area contributed by atoms with Gasteiger partial charge in [-0.1, -0.05) is 48.0 Å². The Morgan fingerprint density at radius 3 is 2.66 bits per heavy atom. The van der Waals surface area contributed by atoms with E-state index >= 15 is 0 Å². The number of anilines is 1. The highest BCUT2D eigenvalue weighted by Gasteiger charge is 2.36. The van der Waals surface area contributed by atoms with Gasteiger partial charge in [0.1, 0.15) is 24.5 Å². The third-order valence-electron chi connectivity index (χ3n) is 7.07. The molecule has 0 N–H and O–H groups in total. The van der Waals surface area contributed by atoms with Gasteiger partial charge in [-0.15, -0.1) is 0 Å².